The molecule has 0 radical (unpaired) electrons. The van der Waals surface area contributed by atoms with E-state index in [1.807, 2.05) is 6.07 Å². The number of nitrogens with one attached hydrogen (secondary N) is 3. The number of halogens is 2. The Hall–Kier alpha value is -1.19. The van der Waals surface area contributed by atoms with E-state index in [9.17, 15) is 8.42 Å². The van der Waals surface area contributed by atoms with Crippen molar-refractivity contribution in [2.24, 2.45) is 0 Å². The number of benzene rings is 2. The van der Waals surface area contributed by atoms with Crippen LogP contribution >= 0.6 is 39.7 Å². The molecule has 0 heterocycles. The lowest BCUT2D eigenvalue weighted by molar-refractivity contribution is 0.584. The molecule has 0 aromatic heterocycles. The molecular formula is C15H15BrClN3O2S2. The molecule has 0 aliphatic heterocycles. The van der Waals surface area contributed by atoms with Gasteiger partial charge >= 0.3 is 0 Å². The number of hydrogen-bond donors (Lipinski definition) is 3. The average molecular weight is 449 g/mol. The Morgan fingerprint density at radius 1 is 1.17 bits per heavy atom. The van der Waals surface area contributed by atoms with Gasteiger partial charge in [-0.3, -0.25) is 0 Å². The Bertz CT molecular complexity index is 842. The highest BCUT2D eigenvalue weighted by Gasteiger charge is 2.12. The number of sulfonamides is 1. The van der Waals surface area contributed by atoms with Crippen LogP contribution in [0.4, 0.5) is 11.4 Å². The summed E-state index contributed by atoms with van der Waals surface area (Å²) < 4.78 is 27.1. The van der Waals surface area contributed by atoms with Crippen molar-refractivity contribution in [2.45, 2.75) is 11.8 Å². The van der Waals surface area contributed by atoms with Gasteiger partial charge in [0, 0.05) is 16.7 Å². The van der Waals surface area contributed by atoms with E-state index >= 15 is 0 Å². The van der Waals surface area contributed by atoms with Crippen molar-refractivity contribution in [3.63, 3.8) is 0 Å². The van der Waals surface area contributed by atoms with Crippen molar-refractivity contribution in [2.75, 3.05) is 17.2 Å². The molecule has 5 nitrogen and oxygen atoms in total. The first-order valence-corrected chi connectivity index (χ1v) is 10.0. The van der Waals surface area contributed by atoms with E-state index < -0.39 is 10.0 Å². The first-order valence-electron chi connectivity index (χ1n) is 6.94. The number of anilines is 2. The van der Waals surface area contributed by atoms with E-state index in [4.69, 9.17) is 23.8 Å². The fourth-order valence-corrected chi connectivity index (χ4v) is 3.86. The van der Waals surface area contributed by atoms with Crippen LogP contribution in [0.3, 0.4) is 0 Å². The molecule has 128 valence electrons. The van der Waals surface area contributed by atoms with Crippen molar-refractivity contribution in [3.8, 4) is 0 Å². The van der Waals surface area contributed by atoms with E-state index in [-0.39, 0.29) is 4.90 Å². The zero-order chi connectivity index (χ0) is 17.7. The van der Waals surface area contributed by atoms with Crippen molar-refractivity contribution < 1.29 is 8.42 Å². The van der Waals surface area contributed by atoms with Crippen LogP contribution in [0.1, 0.15) is 6.92 Å². The van der Waals surface area contributed by atoms with Gasteiger partial charge in [-0.05, 0) is 54.7 Å². The minimum atomic E-state index is -3.46. The summed E-state index contributed by atoms with van der Waals surface area (Å²) in [6, 6.07) is 11.7. The second-order valence-corrected chi connectivity index (χ2v) is 8.23. The normalized spacial score (nSPS) is 11.1. The first-order chi connectivity index (χ1) is 11.3. The highest BCUT2D eigenvalue weighted by molar-refractivity contribution is 9.10. The fourth-order valence-electron chi connectivity index (χ4n) is 1.87. The van der Waals surface area contributed by atoms with E-state index in [1.54, 1.807) is 31.2 Å². The fraction of sp³-hybridized carbons (Fsp3) is 0.133. The van der Waals surface area contributed by atoms with Gasteiger partial charge in [-0.2, -0.15) is 0 Å². The summed E-state index contributed by atoms with van der Waals surface area (Å²) >= 11 is 14.7. The maximum Gasteiger partial charge on any atom is 0.240 e. The summed E-state index contributed by atoms with van der Waals surface area (Å²) in [7, 11) is -3.46. The largest absolute Gasteiger partial charge is 0.332 e. The lowest BCUT2D eigenvalue weighted by Crippen LogP contribution is -2.23. The van der Waals surface area contributed by atoms with Crippen LogP contribution in [-0.4, -0.2) is 20.1 Å². The summed E-state index contributed by atoms with van der Waals surface area (Å²) in [5.41, 5.74) is 1.33. The van der Waals surface area contributed by atoms with E-state index in [0.29, 0.717) is 28.1 Å². The van der Waals surface area contributed by atoms with Crippen LogP contribution in [0.25, 0.3) is 0 Å². The van der Waals surface area contributed by atoms with Crippen LogP contribution in [-0.2, 0) is 10.0 Å². The second-order valence-electron chi connectivity index (χ2n) is 4.73. The molecule has 3 N–H and O–H groups in total. The smallest absolute Gasteiger partial charge is 0.240 e. The van der Waals surface area contributed by atoms with Crippen LogP contribution in [0.2, 0.25) is 5.02 Å². The molecule has 0 aliphatic carbocycles. The minimum Gasteiger partial charge on any atom is -0.332 e. The summed E-state index contributed by atoms with van der Waals surface area (Å²) in [6.07, 6.45) is 0. The maximum atomic E-state index is 11.9. The van der Waals surface area contributed by atoms with E-state index in [1.165, 1.54) is 12.1 Å². The molecule has 0 atom stereocenters. The average Bonchev–Trinajstić information content (AvgIpc) is 2.50. The number of thiocarbonyl (C=S) groups is 1. The molecule has 2 rings (SSSR count). The Kier molecular flexibility index (Phi) is 6.59. The van der Waals surface area contributed by atoms with Gasteiger partial charge in [0.15, 0.2) is 5.11 Å². The van der Waals surface area contributed by atoms with Gasteiger partial charge in [-0.1, -0.05) is 34.5 Å². The van der Waals surface area contributed by atoms with Gasteiger partial charge in [0.1, 0.15) is 0 Å². The van der Waals surface area contributed by atoms with Gasteiger partial charge in [-0.25, -0.2) is 13.1 Å². The molecule has 0 saturated heterocycles. The molecule has 0 aliphatic rings. The lowest BCUT2D eigenvalue weighted by Gasteiger charge is -2.12. The third kappa shape index (κ3) is 5.15. The van der Waals surface area contributed by atoms with Gasteiger partial charge < -0.3 is 10.6 Å². The third-order valence-electron chi connectivity index (χ3n) is 2.94. The predicted octanol–water partition coefficient (Wildman–Crippen LogP) is 4.21. The van der Waals surface area contributed by atoms with Gasteiger partial charge in [-0.15, -0.1) is 0 Å². The highest BCUT2D eigenvalue weighted by atomic mass is 79.9. The third-order valence-corrected chi connectivity index (χ3v) is 5.51. The summed E-state index contributed by atoms with van der Waals surface area (Å²) in [5, 5.41) is 6.84. The molecule has 9 heteroatoms. The molecule has 0 fully saturated rings. The van der Waals surface area contributed by atoms with Gasteiger partial charge in [0.25, 0.3) is 0 Å². The quantitative estimate of drug-likeness (QED) is 0.598. The molecule has 0 saturated carbocycles. The second kappa shape index (κ2) is 8.26. The monoisotopic (exact) mass is 447 g/mol. The molecule has 0 amide bonds. The molecule has 0 spiro atoms. The van der Waals surface area contributed by atoms with Crippen LogP contribution < -0.4 is 15.4 Å². The summed E-state index contributed by atoms with van der Waals surface area (Å²) in [5.74, 6) is 0. The SMILES string of the molecule is CCNS(=O)(=O)c1ccc(NC(=S)Nc2ccc(Br)cc2Cl)cc1. The zero-order valence-electron chi connectivity index (χ0n) is 12.6. The topological polar surface area (TPSA) is 70.2 Å². The molecule has 24 heavy (non-hydrogen) atoms. The molecular weight excluding hydrogens is 434 g/mol. The maximum absolute atomic E-state index is 11.9. The van der Waals surface area contributed by atoms with Crippen molar-refractivity contribution in [3.05, 3.63) is 52.0 Å². The van der Waals surface area contributed by atoms with E-state index in [2.05, 4.69) is 31.3 Å². The van der Waals surface area contributed by atoms with Crippen molar-refractivity contribution in [1.29, 1.82) is 0 Å². The molecule has 0 unspecified atom stereocenters. The Labute approximate surface area is 160 Å². The zero-order valence-corrected chi connectivity index (χ0v) is 16.6. The standard InChI is InChI=1S/C15H15BrClN3O2S2/c1-2-18-24(21,22)12-6-4-11(5-7-12)19-15(23)20-14-8-3-10(16)9-13(14)17/h3-9,18H,2H2,1H3,(H2,19,20,23). The molecule has 2 aromatic carbocycles. The van der Waals surface area contributed by atoms with Crippen LogP contribution in [0.5, 0.6) is 0 Å². The highest BCUT2D eigenvalue weighted by Crippen LogP contribution is 2.25. The number of hydrogen-bond acceptors (Lipinski definition) is 3. The minimum absolute atomic E-state index is 0.199. The number of rotatable bonds is 5. The Morgan fingerprint density at radius 3 is 2.42 bits per heavy atom. The Morgan fingerprint density at radius 2 is 1.83 bits per heavy atom. The van der Waals surface area contributed by atoms with Gasteiger partial charge in [0.2, 0.25) is 10.0 Å². The van der Waals surface area contributed by atoms with Crippen LogP contribution in [0, 0.1) is 0 Å². The molecule has 0 bridgehead atoms. The molecule has 2 aromatic rings. The van der Waals surface area contributed by atoms with Crippen molar-refractivity contribution in [1.82, 2.24) is 4.72 Å². The van der Waals surface area contributed by atoms with Gasteiger partial charge in [0.05, 0.1) is 15.6 Å². The summed E-state index contributed by atoms with van der Waals surface area (Å²) in [4.78, 5) is 0.199. The first kappa shape index (κ1) is 19.1. The van der Waals surface area contributed by atoms with Crippen LogP contribution in [0.15, 0.2) is 51.8 Å². The predicted molar refractivity (Wildman–Crippen MR) is 106 cm³/mol. The van der Waals surface area contributed by atoms with E-state index in [0.717, 1.165) is 4.47 Å². The Balaban J connectivity index is 2.04. The lowest BCUT2D eigenvalue weighted by atomic mass is 10.3. The van der Waals surface area contributed by atoms with Crippen molar-refractivity contribution >= 4 is 66.3 Å². The summed E-state index contributed by atoms with van der Waals surface area (Å²) in [6.45, 7) is 2.06.